The van der Waals surface area contributed by atoms with Crippen LogP contribution >= 0.6 is 0 Å². The van der Waals surface area contributed by atoms with Gasteiger partial charge in [0.1, 0.15) is 0 Å². The Morgan fingerprint density at radius 3 is 2.09 bits per heavy atom. The van der Waals surface area contributed by atoms with Crippen molar-refractivity contribution in [2.24, 2.45) is 0 Å². The number of aliphatic hydroxyl groups is 1. The van der Waals surface area contributed by atoms with E-state index in [1.54, 1.807) is 0 Å². The minimum atomic E-state index is -0.653. The summed E-state index contributed by atoms with van der Waals surface area (Å²) in [5, 5.41) is 15.4. The van der Waals surface area contributed by atoms with Crippen molar-refractivity contribution in [3.05, 3.63) is 137 Å². The normalized spacial score (nSPS) is 14.2. The number of aryl methyl sites for hydroxylation is 2. The van der Waals surface area contributed by atoms with Crippen LogP contribution in [0, 0.1) is 6.92 Å². The molecule has 1 N–H and O–H groups in total. The van der Waals surface area contributed by atoms with Gasteiger partial charge in [0.05, 0.1) is 30.4 Å². The fraction of sp³-hybridized carbons (Fsp3) is 0.300. The molecule has 5 nitrogen and oxygen atoms in total. The number of hydrogen-bond donors (Lipinski definition) is 1. The monoisotopic (exact) mass is 599 g/mol. The first-order chi connectivity index (χ1) is 21.9. The fourth-order valence-electron chi connectivity index (χ4n) is 6.31. The molecule has 5 aromatic rings. The van der Waals surface area contributed by atoms with E-state index in [0.717, 1.165) is 60.1 Å². The summed E-state index contributed by atoms with van der Waals surface area (Å²) in [5.74, 6) is 0.507. The Hall–Kier alpha value is -4.48. The second-order valence-electron chi connectivity index (χ2n) is 12.3. The molecule has 5 heteroatoms. The van der Waals surface area contributed by atoms with Gasteiger partial charge < -0.3 is 14.4 Å². The Morgan fingerprint density at radius 2 is 1.44 bits per heavy atom. The van der Waals surface area contributed by atoms with Crippen LogP contribution in [0.2, 0.25) is 0 Å². The number of hydrogen-bond acceptors (Lipinski definition) is 5. The van der Waals surface area contributed by atoms with E-state index in [1.165, 1.54) is 22.3 Å². The SMILES string of the molecule is CCOC(=O)CC1(c2ccc(-c3ccc(-c4onc(C)c4C(O)CCCc4ccc(Cc5ccccc5)cc4)cc3)cc2)CC1. The van der Waals surface area contributed by atoms with E-state index in [0.29, 0.717) is 25.2 Å². The zero-order valence-electron chi connectivity index (χ0n) is 26.2. The molecule has 1 heterocycles. The van der Waals surface area contributed by atoms with Crippen LogP contribution in [0.5, 0.6) is 0 Å². The molecule has 45 heavy (non-hydrogen) atoms. The lowest BCUT2D eigenvalue weighted by molar-refractivity contribution is -0.143. The maximum atomic E-state index is 12.1. The van der Waals surface area contributed by atoms with Crippen molar-refractivity contribution < 1.29 is 19.2 Å². The molecule has 0 radical (unpaired) electrons. The second-order valence-corrected chi connectivity index (χ2v) is 12.3. The van der Waals surface area contributed by atoms with Gasteiger partial charge in [0, 0.05) is 11.0 Å². The van der Waals surface area contributed by atoms with E-state index in [2.05, 4.69) is 90.1 Å². The minimum absolute atomic E-state index is 0.0663. The van der Waals surface area contributed by atoms with Crippen molar-refractivity contribution in [2.45, 2.75) is 70.3 Å². The number of esters is 1. The predicted octanol–water partition coefficient (Wildman–Crippen LogP) is 8.95. The number of aliphatic hydroxyl groups excluding tert-OH is 1. The van der Waals surface area contributed by atoms with Crippen LogP contribution in [0.25, 0.3) is 22.5 Å². The van der Waals surface area contributed by atoms with Gasteiger partial charge in [-0.25, -0.2) is 0 Å². The number of aromatic nitrogens is 1. The fourth-order valence-corrected chi connectivity index (χ4v) is 6.31. The lowest BCUT2D eigenvalue weighted by Gasteiger charge is -2.15. The lowest BCUT2D eigenvalue weighted by Crippen LogP contribution is -2.15. The third kappa shape index (κ3) is 7.26. The molecule has 0 bridgehead atoms. The van der Waals surface area contributed by atoms with Gasteiger partial charge in [0.15, 0.2) is 5.76 Å². The molecular weight excluding hydrogens is 558 g/mol. The zero-order valence-corrected chi connectivity index (χ0v) is 26.2. The van der Waals surface area contributed by atoms with Crippen LogP contribution in [0.4, 0.5) is 0 Å². The van der Waals surface area contributed by atoms with Crippen LogP contribution in [-0.2, 0) is 27.8 Å². The summed E-state index contributed by atoms with van der Waals surface area (Å²) >= 11 is 0. The Morgan fingerprint density at radius 1 is 0.844 bits per heavy atom. The van der Waals surface area contributed by atoms with E-state index in [9.17, 15) is 9.90 Å². The summed E-state index contributed by atoms with van der Waals surface area (Å²) in [6, 6.07) is 36.1. The lowest BCUT2D eigenvalue weighted by atomic mass is 9.90. The first-order valence-corrected chi connectivity index (χ1v) is 16.1. The van der Waals surface area contributed by atoms with Gasteiger partial charge in [-0.2, -0.15) is 0 Å². The molecule has 6 rings (SSSR count). The molecule has 0 amide bonds. The Bertz CT molecular complexity index is 1700. The molecule has 1 aliphatic rings. The standard InChI is InChI=1S/C40H41NO4/c1-3-44-37(43)27-40(24-25-40)35-22-20-33(21-23-35)32-16-18-34(19-17-32)39-38(28(2)41-45-39)36(42)11-7-10-29-12-14-31(15-13-29)26-30-8-5-4-6-9-30/h4-6,8-9,12-23,36,42H,3,7,10-11,24-27H2,1-2H3. The largest absolute Gasteiger partial charge is 0.466 e. The van der Waals surface area contributed by atoms with E-state index >= 15 is 0 Å². The third-order valence-corrected chi connectivity index (χ3v) is 9.08. The summed E-state index contributed by atoms with van der Waals surface area (Å²) in [6.45, 7) is 4.16. The molecule has 1 atom stereocenters. The number of carbonyl (C=O) groups is 1. The predicted molar refractivity (Wildman–Crippen MR) is 178 cm³/mol. The molecule has 1 fully saturated rings. The highest BCUT2D eigenvalue weighted by molar-refractivity contribution is 5.73. The minimum Gasteiger partial charge on any atom is -0.466 e. The van der Waals surface area contributed by atoms with E-state index in [1.807, 2.05) is 32.0 Å². The van der Waals surface area contributed by atoms with E-state index in [-0.39, 0.29) is 11.4 Å². The Balaban J connectivity index is 1.06. The Kier molecular flexibility index (Phi) is 9.27. The first kappa shape index (κ1) is 30.5. The summed E-state index contributed by atoms with van der Waals surface area (Å²) < 4.78 is 10.9. The molecule has 4 aromatic carbocycles. The summed E-state index contributed by atoms with van der Waals surface area (Å²) in [6.07, 6.45) is 5.16. The molecule has 230 valence electrons. The highest BCUT2D eigenvalue weighted by Crippen LogP contribution is 2.51. The maximum absolute atomic E-state index is 12.1. The van der Waals surface area contributed by atoms with Gasteiger partial charge in [-0.05, 0) is 85.8 Å². The van der Waals surface area contributed by atoms with Crippen molar-refractivity contribution in [3.63, 3.8) is 0 Å². The van der Waals surface area contributed by atoms with E-state index in [4.69, 9.17) is 9.26 Å². The van der Waals surface area contributed by atoms with Crippen molar-refractivity contribution in [1.29, 1.82) is 0 Å². The highest BCUT2D eigenvalue weighted by atomic mass is 16.5. The van der Waals surface area contributed by atoms with Crippen LogP contribution in [0.15, 0.2) is 108 Å². The molecule has 1 unspecified atom stereocenters. The van der Waals surface area contributed by atoms with Gasteiger partial charge in [-0.3, -0.25) is 4.79 Å². The molecular formula is C40H41NO4. The molecule has 0 saturated heterocycles. The van der Waals surface area contributed by atoms with Crippen molar-refractivity contribution >= 4 is 5.97 Å². The van der Waals surface area contributed by atoms with Crippen molar-refractivity contribution in [1.82, 2.24) is 5.16 Å². The van der Waals surface area contributed by atoms with Crippen molar-refractivity contribution in [2.75, 3.05) is 6.61 Å². The topological polar surface area (TPSA) is 72.6 Å². The molecule has 0 spiro atoms. The van der Waals surface area contributed by atoms with Gasteiger partial charge >= 0.3 is 5.97 Å². The average molecular weight is 600 g/mol. The van der Waals surface area contributed by atoms with Crippen LogP contribution in [0.3, 0.4) is 0 Å². The summed E-state index contributed by atoms with van der Waals surface area (Å²) in [4.78, 5) is 12.1. The van der Waals surface area contributed by atoms with Gasteiger partial charge in [0.25, 0.3) is 0 Å². The van der Waals surface area contributed by atoms with Gasteiger partial charge in [-0.1, -0.05) is 108 Å². The quantitative estimate of drug-likeness (QED) is 0.137. The number of carbonyl (C=O) groups excluding carboxylic acids is 1. The van der Waals surface area contributed by atoms with Crippen molar-refractivity contribution in [3.8, 4) is 22.5 Å². The van der Waals surface area contributed by atoms with E-state index < -0.39 is 6.10 Å². The number of rotatable bonds is 13. The summed E-state index contributed by atoms with van der Waals surface area (Å²) in [7, 11) is 0. The van der Waals surface area contributed by atoms with Gasteiger partial charge in [0.2, 0.25) is 0 Å². The Labute approximate surface area is 265 Å². The van der Waals surface area contributed by atoms with Gasteiger partial charge in [-0.15, -0.1) is 0 Å². The zero-order chi connectivity index (χ0) is 31.2. The average Bonchev–Trinajstić information content (AvgIpc) is 3.74. The first-order valence-electron chi connectivity index (χ1n) is 16.1. The molecule has 1 aromatic heterocycles. The van der Waals surface area contributed by atoms with Crippen LogP contribution in [-0.4, -0.2) is 22.8 Å². The second kappa shape index (κ2) is 13.7. The number of ether oxygens (including phenoxy) is 1. The maximum Gasteiger partial charge on any atom is 0.306 e. The van der Waals surface area contributed by atoms with Crippen LogP contribution < -0.4 is 0 Å². The number of benzene rings is 4. The highest BCUT2D eigenvalue weighted by Gasteiger charge is 2.46. The third-order valence-electron chi connectivity index (χ3n) is 9.08. The molecule has 1 saturated carbocycles. The molecule has 0 aliphatic heterocycles. The number of nitrogens with zero attached hydrogens (tertiary/aromatic N) is 1. The van der Waals surface area contributed by atoms with Crippen LogP contribution in [0.1, 0.15) is 78.6 Å². The molecule has 1 aliphatic carbocycles. The summed E-state index contributed by atoms with van der Waals surface area (Å²) in [5.41, 5.74) is 9.61. The smallest absolute Gasteiger partial charge is 0.306 e.